The average Bonchev–Trinajstić information content (AvgIpc) is 2.99. The van der Waals surface area contributed by atoms with Crippen molar-refractivity contribution < 1.29 is 4.79 Å². The highest BCUT2D eigenvalue weighted by molar-refractivity contribution is 5.97. The first-order chi connectivity index (χ1) is 7.77. The Hall–Kier alpha value is -1.35. The maximum Gasteiger partial charge on any atom is 0.240 e. The molecule has 0 atom stereocenters. The van der Waals surface area contributed by atoms with Crippen molar-refractivity contribution in [3.8, 4) is 0 Å². The molecule has 0 aromatic heterocycles. The summed E-state index contributed by atoms with van der Waals surface area (Å²) in [4.78, 5) is 13.9. The number of para-hydroxylation sites is 1. The zero-order chi connectivity index (χ0) is 11.2. The van der Waals surface area contributed by atoms with E-state index in [1.165, 1.54) is 18.4 Å². The molecule has 1 amide bonds. The normalized spacial score (nSPS) is 19.9. The predicted molar refractivity (Wildman–Crippen MR) is 63.6 cm³/mol. The van der Waals surface area contributed by atoms with Gasteiger partial charge in [-0.15, -0.1) is 0 Å². The average molecular weight is 216 g/mol. The van der Waals surface area contributed by atoms with E-state index in [1.807, 2.05) is 18.0 Å². The SMILES string of the molecule is CNCC(=O)N1CC2(CC2)c2ccccc21. The lowest BCUT2D eigenvalue weighted by Gasteiger charge is -2.17. The Morgan fingerprint density at radius 3 is 2.88 bits per heavy atom. The van der Waals surface area contributed by atoms with Crippen LogP contribution in [0.3, 0.4) is 0 Å². The van der Waals surface area contributed by atoms with E-state index in [0.717, 1.165) is 12.2 Å². The molecule has 3 rings (SSSR count). The van der Waals surface area contributed by atoms with Crippen molar-refractivity contribution in [2.24, 2.45) is 0 Å². The summed E-state index contributed by atoms with van der Waals surface area (Å²) in [5.41, 5.74) is 2.81. The van der Waals surface area contributed by atoms with Crippen LogP contribution in [0.1, 0.15) is 18.4 Å². The van der Waals surface area contributed by atoms with Gasteiger partial charge in [-0.05, 0) is 31.5 Å². The molecule has 0 bridgehead atoms. The maximum atomic E-state index is 12.0. The van der Waals surface area contributed by atoms with E-state index in [0.29, 0.717) is 12.0 Å². The van der Waals surface area contributed by atoms with E-state index in [4.69, 9.17) is 0 Å². The Bertz CT molecular complexity index is 437. The second kappa shape index (κ2) is 3.32. The number of carbonyl (C=O) groups excluding carboxylic acids is 1. The first-order valence-corrected chi connectivity index (χ1v) is 5.81. The molecule has 1 heterocycles. The monoisotopic (exact) mass is 216 g/mol. The van der Waals surface area contributed by atoms with Gasteiger partial charge in [-0.2, -0.15) is 0 Å². The van der Waals surface area contributed by atoms with Crippen LogP contribution in [0.2, 0.25) is 0 Å². The van der Waals surface area contributed by atoms with Gasteiger partial charge >= 0.3 is 0 Å². The lowest BCUT2D eigenvalue weighted by atomic mass is 9.99. The van der Waals surface area contributed by atoms with E-state index in [-0.39, 0.29) is 5.91 Å². The third kappa shape index (κ3) is 1.28. The number of carbonyl (C=O) groups is 1. The zero-order valence-electron chi connectivity index (χ0n) is 9.49. The second-order valence-corrected chi connectivity index (χ2v) is 4.81. The van der Waals surface area contributed by atoms with Crippen LogP contribution in [0.4, 0.5) is 5.69 Å². The molecular formula is C13H16N2O. The first kappa shape index (κ1) is 9.85. The molecule has 1 spiro atoms. The van der Waals surface area contributed by atoms with Crippen LogP contribution in [-0.4, -0.2) is 26.0 Å². The summed E-state index contributed by atoms with van der Waals surface area (Å²) in [5, 5.41) is 2.93. The Labute approximate surface area is 95.4 Å². The maximum absolute atomic E-state index is 12.0. The van der Waals surface area contributed by atoms with Crippen molar-refractivity contribution >= 4 is 11.6 Å². The fourth-order valence-corrected chi connectivity index (χ4v) is 2.68. The molecule has 2 aliphatic rings. The highest BCUT2D eigenvalue weighted by Gasteiger charge is 2.52. The van der Waals surface area contributed by atoms with Crippen LogP contribution in [0.25, 0.3) is 0 Å². The summed E-state index contributed by atoms with van der Waals surface area (Å²) in [6.45, 7) is 1.30. The zero-order valence-corrected chi connectivity index (χ0v) is 9.49. The van der Waals surface area contributed by atoms with Gasteiger partial charge in [0.15, 0.2) is 0 Å². The van der Waals surface area contributed by atoms with Crippen molar-refractivity contribution in [1.82, 2.24) is 5.32 Å². The molecule has 1 aliphatic heterocycles. The van der Waals surface area contributed by atoms with E-state index >= 15 is 0 Å². The molecule has 0 saturated heterocycles. The van der Waals surface area contributed by atoms with Crippen molar-refractivity contribution in [1.29, 1.82) is 0 Å². The smallest absolute Gasteiger partial charge is 0.240 e. The molecular weight excluding hydrogens is 200 g/mol. The molecule has 16 heavy (non-hydrogen) atoms. The van der Waals surface area contributed by atoms with E-state index in [9.17, 15) is 4.79 Å². The molecule has 0 unspecified atom stereocenters. The predicted octanol–water partition coefficient (Wildman–Crippen LogP) is 1.28. The first-order valence-electron chi connectivity index (χ1n) is 5.81. The number of rotatable bonds is 2. The molecule has 0 radical (unpaired) electrons. The third-order valence-corrected chi connectivity index (χ3v) is 3.71. The highest BCUT2D eigenvalue weighted by atomic mass is 16.2. The molecule has 1 N–H and O–H groups in total. The minimum Gasteiger partial charge on any atom is -0.311 e. The molecule has 1 aromatic carbocycles. The number of hydrogen-bond acceptors (Lipinski definition) is 2. The summed E-state index contributed by atoms with van der Waals surface area (Å²) in [7, 11) is 1.81. The van der Waals surface area contributed by atoms with Gasteiger partial charge in [0.2, 0.25) is 5.91 Å². The van der Waals surface area contributed by atoms with Gasteiger partial charge in [0, 0.05) is 17.6 Å². The fourth-order valence-electron chi connectivity index (χ4n) is 2.68. The van der Waals surface area contributed by atoms with Gasteiger partial charge in [0.25, 0.3) is 0 Å². The standard InChI is InChI=1S/C13H16N2O/c1-14-8-12(16)15-9-13(6-7-13)10-4-2-3-5-11(10)15/h2-5,14H,6-9H2,1H3. The van der Waals surface area contributed by atoms with Crippen LogP contribution >= 0.6 is 0 Å². The van der Waals surface area contributed by atoms with Crippen LogP contribution in [0, 0.1) is 0 Å². The fraction of sp³-hybridized carbons (Fsp3) is 0.462. The van der Waals surface area contributed by atoms with Crippen LogP contribution < -0.4 is 10.2 Å². The van der Waals surface area contributed by atoms with Crippen molar-refractivity contribution in [2.75, 3.05) is 25.0 Å². The van der Waals surface area contributed by atoms with Crippen LogP contribution in [0.15, 0.2) is 24.3 Å². The number of anilines is 1. The molecule has 3 nitrogen and oxygen atoms in total. The quantitative estimate of drug-likeness (QED) is 0.807. The molecule has 1 aliphatic carbocycles. The number of hydrogen-bond donors (Lipinski definition) is 1. The van der Waals surface area contributed by atoms with E-state index in [1.54, 1.807) is 0 Å². The van der Waals surface area contributed by atoms with E-state index < -0.39 is 0 Å². The second-order valence-electron chi connectivity index (χ2n) is 4.81. The Morgan fingerprint density at radius 1 is 1.44 bits per heavy atom. The van der Waals surface area contributed by atoms with Gasteiger partial charge in [0.05, 0.1) is 6.54 Å². The van der Waals surface area contributed by atoms with Crippen LogP contribution in [-0.2, 0) is 10.2 Å². The molecule has 1 fully saturated rings. The summed E-state index contributed by atoms with van der Waals surface area (Å²) in [5.74, 6) is 0.179. The summed E-state index contributed by atoms with van der Waals surface area (Å²) >= 11 is 0. The largest absolute Gasteiger partial charge is 0.311 e. The summed E-state index contributed by atoms with van der Waals surface area (Å²) < 4.78 is 0. The summed E-state index contributed by atoms with van der Waals surface area (Å²) in [6.07, 6.45) is 2.46. The lowest BCUT2D eigenvalue weighted by Crippen LogP contribution is -2.37. The number of amides is 1. The van der Waals surface area contributed by atoms with Crippen molar-refractivity contribution in [2.45, 2.75) is 18.3 Å². The van der Waals surface area contributed by atoms with Gasteiger partial charge in [0.1, 0.15) is 0 Å². The molecule has 3 heteroatoms. The third-order valence-electron chi connectivity index (χ3n) is 3.71. The Kier molecular flexibility index (Phi) is 2.04. The lowest BCUT2D eigenvalue weighted by molar-refractivity contribution is -0.117. The van der Waals surface area contributed by atoms with Crippen molar-refractivity contribution in [3.05, 3.63) is 29.8 Å². The number of benzene rings is 1. The number of likely N-dealkylation sites (N-methyl/N-ethyl adjacent to an activating group) is 1. The summed E-state index contributed by atoms with van der Waals surface area (Å²) in [6, 6.07) is 8.33. The minimum absolute atomic E-state index is 0.179. The number of fused-ring (bicyclic) bond motifs is 2. The Balaban J connectivity index is 1.97. The molecule has 84 valence electrons. The van der Waals surface area contributed by atoms with Gasteiger partial charge in [-0.25, -0.2) is 0 Å². The topological polar surface area (TPSA) is 32.3 Å². The number of nitrogens with one attached hydrogen (secondary N) is 1. The Morgan fingerprint density at radius 2 is 2.19 bits per heavy atom. The van der Waals surface area contributed by atoms with Crippen molar-refractivity contribution in [3.63, 3.8) is 0 Å². The van der Waals surface area contributed by atoms with Gasteiger partial charge < -0.3 is 10.2 Å². The van der Waals surface area contributed by atoms with Crippen LogP contribution in [0.5, 0.6) is 0 Å². The van der Waals surface area contributed by atoms with Gasteiger partial charge in [-0.3, -0.25) is 4.79 Å². The highest BCUT2D eigenvalue weighted by Crippen LogP contribution is 2.56. The van der Waals surface area contributed by atoms with Gasteiger partial charge in [-0.1, -0.05) is 18.2 Å². The molecule has 1 saturated carbocycles. The van der Waals surface area contributed by atoms with E-state index in [2.05, 4.69) is 23.5 Å². The number of nitrogens with zero attached hydrogens (tertiary/aromatic N) is 1. The minimum atomic E-state index is 0.179. The molecule has 1 aromatic rings.